The van der Waals surface area contributed by atoms with Gasteiger partial charge in [-0.15, -0.1) is 0 Å². The van der Waals surface area contributed by atoms with E-state index in [2.05, 4.69) is 0 Å². The van der Waals surface area contributed by atoms with Gasteiger partial charge in [-0.05, 0) is 24.3 Å². The molecule has 0 saturated heterocycles. The lowest BCUT2D eigenvalue weighted by molar-refractivity contribution is -0.127. The number of carbonyl (C=O) groups excluding carboxylic acids is 1. The van der Waals surface area contributed by atoms with Crippen LogP contribution in [0.5, 0.6) is 11.5 Å². The lowest BCUT2D eigenvalue weighted by atomic mass is 10.3. The van der Waals surface area contributed by atoms with Crippen molar-refractivity contribution in [3.63, 3.8) is 0 Å². The molecule has 0 saturated carbocycles. The summed E-state index contributed by atoms with van der Waals surface area (Å²) in [6.07, 6.45) is 1.06. The Bertz CT molecular complexity index is 804. The molecule has 0 aliphatic carbocycles. The molecule has 128 valence electrons. The Labute approximate surface area is 142 Å². The molecule has 6 nitrogen and oxygen atoms in total. The molecular weight excluding hydrogens is 328 g/mol. The molecule has 0 heterocycles. The van der Waals surface area contributed by atoms with Crippen molar-refractivity contribution in [3.05, 3.63) is 54.6 Å². The minimum absolute atomic E-state index is 0.291. The van der Waals surface area contributed by atoms with Gasteiger partial charge in [-0.1, -0.05) is 30.3 Å². The third kappa shape index (κ3) is 4.48. The van der Waals surface area contributed by atoms with Gasteiger partial charge in [0.15, 0.2) is 5.75 Å². The zero-order valence-corrected chi connectivity index (χ0v) is 14.7. The van der Waals surface area contributed by atoms with Crippen LogP contribution in [-0.2, 0) is 14.8 Å². The summed E-state index contributed by atoms with van der Waals surface area (Å²) in [6.45, 7) is -0.291. The molecule has 2 aromatic carbocycles. The Morgan fingerprint density at radius 3 is 2.17 bits per heavy atom. The van der Waals surface area contributed by atoms with E-state index in [0.29, 0.717) is 17.2 Å². The Morgan fingerprint density at radius 1 is 1.00 bits per heavy atom. The van der Waals surface area contributed by atoms with Crippen molar-refractivity contribution in [2.45, 2.75) is 0 Å². The summed E-state index contributed by atoms with van der Waals surface area (Å²) in [5, 5.41) is 0. The first-order chi connectivity index (χ1) is 11.3. The number of carbonyl (C=O) groups is 1. The average Bonchev–Trinajstić information content (AvgIpc) is 2.53. The number of hydrogen-bond donors (Lipinski definition) is 0. The van der Waals surface area contributed by atoms with Crippen LogP contribution in [0.4, 0.5) is 5.69 Å². The fourth-order valence-corrected chi connectivity index (χ4v) is 2.86. The number of likely N-dealkylation sites (N-methyl/N-ethyl adjacent to an activating group) is 1. The second-order valence-electron chi connectivity index (χ2n) is 5.44. The van der Waals surface area contributed by atoms with Gasteiger partial charge in [0.1, 0.15) is 12.3 Å². The van der Waals surface area contributed by atoms with Crippen LogP contribution in [0.15, 0.2) is 54.6 Å². The molecule has 0 aliphatic rings. The molecule has 0 radical (unpaired) electrons. The molecule has 0 unspecified atom stereocenters. The average molecular weight is 348 g/mol. The van der Waals surface area contributed by atoms with Gasteiger partial charge in [0.25, 0.3) is 0 Å². The summed E-state index contributed by atoms with van der Waals surface area (Å²) < 4.78 is 31.2. The molecule has 2 rings (SSSR count). The molecule has 0 bridgehead atoms. The lowest BCUT2D eigenvalue weighted by Gasteiger charge is -2.25. The van der Waals surface area contributed by atoms with Crippen molar-refractivity contribution in [1.82, 2.24) is 4.90 Å². The molecule has 0 aromatic heterocycles. The number of sulfonamides is 1. The normalized spacial score (nSPS) is 11.0. The maximum Gasteiger partial charge on any atom is 0.242 e. The molecule has 2 aromatic rings. The zero-order chi connectivity index (χ0) is 17.7. The van der Waals surface area contributed by atoms with Crippen LogP contribution in [0, 0.1) is 0 Å². The van der Waals surface area contributed by atoms with E-state index in [9.17, 15) is 13.2 Å². The van der Waals surface area contributed by atoms with Crippen molar-refractivity contribution in [1.29, 1.82) is 0 Å². The van der Waals surface area contributed by atoms with Gasteiger partial charge in [0.05, 0.1) is 11.9 Å². The van der Waals surface area contributed by atoms with Crippen LogP contribution in [0.1, 0.15) is 0 Å². The molecule has 24 heavy (non-hydrogen) atoms. The molecule has 0 atom stereocenters. The van der Waals surface area contributed by atoms with Crippen LogP contribution in [0.3, 0.4) is 0 Å². The summed E-state index contributed by atoms with van der Waals surface area (Å²) in [4.78, 5) is 13.4. The number of hydrogen-bond acceptors (Lipinski definition) is 4. The maximum atomic E-state index is 12.2. The second-order valence-corrected chi connectivity index (χ2v) is 7.35. The highest BCUT2D eigenvalue weighted by Gasteiger charge is 2.24. The third-order valence-electron chi connectivity index (χ3n) is 3.28. The van der Waals surface area contributed by atoms with E-state index in [1.54, 1.807) is 50.5 Å². The number of anilines is 1. The first-order valence-electron chi connectivity index (χ1n) is 7.29. The summed E-state index contributed by atoms with van der Waals surface area (Å²) in [7, 11) is -0.498. The molecule has 1 amide bonds. The van der Waals surface area contributed by atoms with Crippen LogP contribution in [0.2, 0.25) is 0 Å². The fraction of sp³-hybridized carbons (Fsp3) is 0.235. The van der Waals surface area contributed by atoms with E-state index in [1.807, 2.05) is 18.2 Å². The monoisotopic (exact) mass is 348 g/mol. The van der Waals surface area contributed by atoms with E-state index in [-0.39, 0.29) is 12.5 Å². The first-order valence-corrected chi connectivity index (χ1v) is 9.13. The highest BCUT2D eigenvalue weighted by molar-refractivity contribution is 7.92. The number of ether oxygens (including phenoxy) is 1. The smallest absolute Gasteiger partial charge is 0.242 e. The van der Waals surface area contributed by atoms with E-state index in [0.717, 1.165) is 10.6 Å². The minimum Gasteiger partial charge on any atom is -0.455 e. The maximum absolute atomic E-state index is 12.2. The number of amides is 1. The van der Waals surface area contributed by atoms with Gasteiger partial charge < -0.3 is 9.64 Å². The van der Waals surface area contributed by atoms with Crippen molar-refractivity contribution in [2.24, 2.45) is 0 Å². The number of nitrogens with zero attached hydrogens (tertiary/aromatic N) is 2. The molecular formula is C17H20N2O4S. The van der Waals surface area contributed by atoms with Crippen molar-refractivity contribution >= 4 is 21.6 Å². The van der Waals surface area contributed by atoms with E-state index in [4.69, 9.17) is 4.74 Å². The van der Waals surface area contributed by atoms with Gasteiger partial charge in [0, 0.05) is 14.1 Å². The van der Waals surface area contributed by atoms with Crippen molar-refractivity contribution < 1.29 is 17.9 Å². The first kappa shape index (κ1) is 17.8. The molecule has 0 spiro atoms. The molecule has 0 aliphatic heterocycles. The quantitative estimate of drug-likeness (QED) is 0.804. The van der Waals surface area contributed by atoms with Crippen LogP contribution in [-0.4, -0.2) is 46.1 Å². The summed E-state index contributed by atoms with van der Waals surface area (Å²) in [5.74, 6) is 0.618. The topological polar surface area (TPSA) is 66.9 Å². The Kier molecular flexibility index (Phi) is 5.46. The predicted molar refractivity (Wildman–Crippen MR) is 93.8 cm³/mol. The highest BCUT2D eigenvalue weighted by atomic mass is 32.2. The van der Waals surface area contributed by atoms with Crippen molar-refractivity contribution in [2.75, 3.05) is 31.2 Å². The summed E-state index contributed by atoms with van der Waals surface area (Å²) >= 11 is 0. The largest absolute Gasteiger partial charge is 0.455 e. The molecule has 7 heteroatoms. The standard InChI is InChI=1S/C17H20N2O4S/c1-18(2)17(20)13-19(24(3,21)22)15-11-7-8-12-16(15)23-14-9-5-4-6-10-14/h4-12H,13H2,1-3H3. The van der Waals surface area contributed by atoms with Gasteiger partial charge >= 0.3 is 0 Å². The minimum atomic E-state index is -3.66. The van der Waals surface area contributed by atoms with Crippen LogP contribution < -0.4 is 9.04 Å². The van der Waals surface area contributed by atoms with Gasteiger partial charge in [-0.3, -0.25) is 9.10 Å². The summed E-state index contributed by atoms with van der Waals surface area (Å²) in [5.41, 5.74) is 0.319. The predicted octanol–water partition coefficient (Wildman–Crippen LogP) is 2.33. The van der Waals surface area contributed by atoms with E-state index >= 15 is 0 Å². The molecule has 0 fully saturated rings. The van der Waals surface area contributed by atoms with Gasteiger partial charge in [0.2, 0.25) is 15.9 Å². The lowest BCUT2D eigenvalue weighted by Crippen LogP contribution is -2.40. The third-order valence-corrected chi connectivity index (χ3v) is 4.41. The molecule has 0 N–H and O–H groups in total. The Balaban J connectivity index is 2.42. The van der Waals surface area contributed by atoms with Crippen LogP contribution >= 0.6 is 0 Å². The van der Waals surface area contributed by atoms with E-state index < -0.39 is 10.0 Å². The summed E-state index contributed by atoms with van der Waals surface area (Å²) in [6, 6.07) is 15.8. The highest BCUT2D eigenvalue weighted by Crippen LogP contribution is 2.33. The number of benzene rings is 2. The van der Waals surface area contributed by atoms with E-state index in [1.165, 1.54) is 4.90 Å². The zero-order valence-electron chi connectivity index (χ0n) is 13.8. The van der Waals surface area contributed by atoms with Gasteiger partial charge in [-0.2, -0.15) is 0 Å². The van der Waals surface area contributed by atoms with Crippen molar-refractivity contribution in [3.8, 4) is 11.5 Å². The Morgan fingerprint density at radius 2 is 1.58 bits per heavy atom. The van der Waals surface area contributed by atoms with Crippen LogP contribution in [0.25, 0.3) is 0 Å². The fourth-order valence-electron chi connectivity index (χ4n) is 2.01. The van der Waals surface area contributed by atoms with Gasteiger partial charge in [-0.25, -0.2) is 8.42 Å². The Hall–Kier alpha value is -2.54. The SMILES string of the molecule is CN(C)C(=O)CN(c1ccccc1Oc1ccccc1)S(C)(=O)=O. The number of rotatable bonds is 6. The number of para-hydroxylation sites is 3. The second kappa shape index (κ2) is 7.35.